The highest BCUT2D eigenvalue weighted by atomic mass is 127. The number of halogens is 2. The molecule has 27 heavy (non-hydrogen) atoms. The molecule has 4 N–H and O–H groups in total. The summed E-state index contributed by atoms with van der Waals surface area (Å²) in [6, 6.07) is 6.79. The molecule has 2 fully saturated rings. The first kappa shape index (κ1) is 21.7. The summed E-state index contributed by atoms with van der Waals surface area (Å²) in [5, 5.41) is 6.75. The Kier molecular flexibility index (Phi) is 7.69. The molecule has 1 aromatic rings. The minimum Gasteiger partial charge on any atom is -0.357 e. The Bertz CT molecular complexity index is 672. The molecule has 1 aromatic carbocycles. The van der Waals surface area contributed by atoms with Gasteiger partial charge in [0.15, 0.2) is 5.96 Å². The number of hydrogen-bond acceptors (Lipinski definition) is 2. The molecule has 0 unspecified atom stereocenters. The Balaban J connectivity index is 0.00000261. The van der Waals surface area contributed by atoms with Gasteiger partial charge in [0, 0.05) is 31.1 Å². The number of likely N-dealkylation sites (tertiary alicyclic amines) is 1. The zero-order chi connectivity index (χ0) is 18.6. The van der Waals surface area contributed by atoms with Crippen molar-refractivity contribution in [2.24, 2.45) is 10.7 Å². The molecule has 3 rings (SSSR count). The molecule has 0 atom stereocenters. The second-order valence-corrected chi connectivity index (χ2v) is 7.23. The average molecular weight is 489 g/mol. The van der Waals surface area contributed by atoms with Gasteiger partial charge in [0.1, 0.15) is 5.82 Å². The Labute approximate surface area is 177 Å². The van der Waals surface area contributed by atoms with Crippen molar-refractivity contribution >= 4 is 36.0 Å². The molecule has 0 aromatic heterocycles. The normalized spacial score (nSPS) is 19.2. The van der Waals surface area contributed by atoms with E-state index in [1.807, 2.05) is 13.0 Å². The number of benzene rings is 1. The van der Waals surface area contributed by atoms with Crippen molar-refractivity contribution in [1.82, 2.24) is 15.5 Å². The Morgan fingerprint density at radius 1 is 1.37 bits per heavy atom. The van der Waals surface area contributed by atoms with E-state index in [1.54, 1.807) is 17.0 Å². The van der Waals surface area contributed by atoms with E-state index in [2.05, 4.69) is 10.6 Å². The fraction of sp³-hybridized carbons (Fsp3) is 0.579. The number of nitrogens with one attached hydrogen (secondary N) is 2. The lowest BCUT2D eigenvalue weighted by molar-refractivity contribution is 0.188. The lowest BCUT2D eigenvalue weighted by atomic mass is 9.96. The molecule has 2 amide bonds. The number of hydrogen-bond donors (Lipinski definition) is 3. The third-order valence-corrected chi connectivity index (χ3v) is 5.32. The fourth-order valence-electron chi connectivity index (χ4n) is 3.50. The van der Waals surface area contributed by atoms with Gasteiger partial charge in [-0.25, -0.2) is 9.18 Å². The number of guanidine groups is 1. The van der Waals surface area contributed by atoms with E-state index in [9.17, 15) is 9.18 Å². The van der Waals surface area contributed by atoms with Crippen molar-refractivity contribution in [3.63, 3.8) is 0 Å². The Morgan fingerprint density at radius 2 is 2.07 bits per heavy atom. The van der Waals surface area contributed by atoms with Gasteiger partial charge < -0.3 is 21.3 Å². The zero-order valence-electron chi connectivity index (χ0n) is 15.7. The van der Waals surface area contributed by atoms with Crippen LogP contribution in [0, 0.1) is 5.82 Å². The van der Waals surface area contributed by atoms with Gasteiger partial charge in [0.05, 0.1) is 6.54 Å². The molecule has 2 aliphatic rings. The quantitative estimate of drug-likeness (QED) is 0.338. The largest absolute Gasteiger partial charge is 0.357 e. The maximum absolute atomic E-state index is 13.5. The number of piperidine rings is 1. The predicted molar refractivity (Wildman–Crippen MR) is 116 cm³/mol. The number of nitrogens with zero attached hydrogens (tertiary/aromatic N) is 2. The van der Waals surface area contributed by atoms with E-state index in [0.717, 1.165) is 43.8 Å². The fourth-order valence-corrected chi connectivity index (χ4v) is 3.50. The van der Waals surface area contributed by atoms with Crippen LogP contribution >= 0.6 is 24.0 Å². The molecule has 1 heterocycles. The van der Waals surface area contributed by atoms with Crippen molar-refractivity contribution in [2.45, 2.75) is 44.1 Å². The van der Waals surface area contributed by atoms with Gasteiger partial charge in [0.2, 0.25) is 0 Å². The number of primary amides is 1. The maximum Gasteiger partial charge on any atom is 0.314 e. The first-order valence-electron chi connectivity index (χ1n) is 9.38. The molecule has 0 bridgehead atoms. The van der Waals surface area contributed by atoms with Crippen molar-refractivity contribution in [3.8, 4) is 0 Å². The standard InChI is InChI=1S/C19H28FN5O.HI/c1-2-22-18(24-16-6-10-25(11-7-16)17(21)26)23-13-19(8-9-19)14-4-3-5-15(20)12-14;/h3-5,12,16H,2,6-11,13H2,1H3,(H2,21,26)(H2,22,23,24);1H. The van der Waals surface area contributed by atoms with Crippen molar-refractivity contribution < 1.29 is 9.18 Å². The van der Waals surface area contributed by atoms with Crippen molar-refractivity contribution in [1.29, 1.82) is 0 Å². The summed E-state index contributed by atoms with van der Waals surface area (Å²) < 4.78 is 13.5. The first-order chi connectivity index (χ1) is 12.5. The lowest BCUT2D eigenvalue weighted by Crippen LogP contribution is -2.50. The van der Waals surface area contributed by atoms with Gasteiger partial charge in [-0.15, -0.1) is 24.0 Å². The summed E-state index contributed by atoms with van der Waals surface area (Å²) >= 11 is 0. The Hall–Kier alpha value is -1.58. The van der Waals surface area contributed by atoms with Gasteiger partial charge in [-0.2, -0.15) is 0 Å². The van der Waals surface area contributed by atoms with E-state index in [-0.39, 0.29) is 47.3 Å². The molecule has 1 saturated heterocycles. The second kappa shape index (κ2) is 9.57. The number of urea groups is 1. The third kappa shape index (κ3) is 5.70. The predicted octanol–water partition coefficient (Wildman–Crippen LogP) is 2.57. The van der Waals surface area contributed by atoms with Gasteiger partial charge in [0.25, 0.3) is 0 Å². The molecule has 150 valence electrons. The number of aliphatic imine (C=N–C) groups is 1. The zero-order valence-corrected chi connectivity index (χ0v) is 18.0. The van der Waals surface area contributed by atoms with Gasteiger partial charge >= 0.3 is 6.03 Å². The molecule has 0 radical (unpaired) electrons. The summed E-state index contributed by atoms with van der Waals surface area (Å²) in [6.45, 7) is 4.79. The minimum atomic E-state index is -0.352. The van der Waals surface area contributed by atoms with E-state index < -0.39 is 0 Å². The lowest BCUT2D eigenvalue weighted by Gasteiger charge is -2.32. The number of carbonyl (C=O) groups excluding carboxylic acids is 1. The summed E-state index contributed by atoms with van der Waals surface area (Å²) in [6.07, 6.45) is 3.78. The summed E-state index contributed by atoms with van der Waals surface area (Å²) in [4.78, 5) is 17.7. The first-order valence-corrected chi connectivity index (χ1v) is 9.38. The number of carbonyl (C=O) groups is 1. The molecule has 1 aliphatic heterocycles. The highest BCUT2D eigenvalue weighted by Gasteiger charge is 2.44. The average Bonchev–Trinajstić information content (AvgIpc) is 3.42. The van der Waals surface area contributed by atoms with Crippen LogP contribution in [0.1, 0.15) is 38.2 Å². The van der Waals surface area contributed by atoms with Crippen LogP contribution in [-0.4, -0.2) is 49.1 Å². The van der Waals surface area contributed by atoms with Crippen LogP contribution in [0.4, 0.5) is 9.18 Å². The summed E-state index contributed by atoms with van der Waals surface area (Å²) in [7, 11) is 0. The Morgan fingerprint density at radius 3 is 2.63 bits per heavy atom. The van der Waals surface area contributed by atoms with E-state index >= 15 is 0 Å². The minimum absolute atomic E-state index is 0. The van der Waals surface area contributed by atoms with Gasteiger partial charge in [-0.05, 0) is 50.3 Å². The highest BCUT2D eigenvalue weighted by Crippen LogP contribution is 2.48. The van der Waals surface area contributed by atoms with Gasteiger partial charge in [-0.1, -0.05) is 12.1 Å². The van der Waals surface area contributed by atoms with Crippen LogP contribution in [0.2, 0.25) is 0 Å². The molecule has 1 saturated carbocycles. The molecule has 6 nitrogen and oxygen atoms in total. The second-order valence-electron chi connectivity index (χ2n) is 7.23. The topological polar surface area (TPSA) is 82.8 Å². The van der Waals surface area contributed by atoms with E-state index in [1.165, 1.54) is 6.07 Å². The number of amides is 2. The van der Waals surface area contributed by atoms with Gasteiger partial charge in [-0.3, -0.25) is 4.99 Å². The van der Waals surface area contributed by atoms with E-state index in [4.69, 9.17) is 10.7 Å². The van der Waals surface area contributed by atoms with Crippen molar-refractivity contribution in [3.05, 3.63) is 35.6 Å². The molecule has 8 heteroatoms. The monoisotopic (exact) mass is 489 g/mol. The van der Waals surface area contributed by atoms with Crippen LogP contribution in [0.3, 0.4) is 0 Å². The SMILES string of the molecule is CCNC(=NCC1(c2cccc(F)c2)CC1)NC1CCN(C(N)=O)CC1.I. The number of nitrogens with two attached hydrogens (primary N) is 1. The van der Waals surface area contributed by atoms with Crippen LogP contribution < -0.4 is 16.4 Å². The van der Waals surface area contributed by atoms with E-state index in [0.29, 0.717) is 19.6 Å². The maximum atomic E-state index is 13.5. The third-order valence-electron chi connectivity index (χ3n) is 5.32. The summed E-state index contributed by atoms with van der Waals surface area (Å²) in [5.41, 5.74) is 6.34. The molecular formula is C19H29FIN5O. The molecular weight excluding hydrogens is 460 g/mol. The van der Waals surface area contributed by atoms with Crippen molar-refractivity contribution in [2.75, 3.05) is 26.2 Å². The van der Waals surface area contributed by atoms with Crippen LogP contribution in [0.15, 0.2) is 29.3 Å². The van der Waals surface area contributed by atoms with Crippen LogP contribution in [0.25, 0.3) is 0 Å². The highest BCUT2D eigenvalue weighted by molar-refractivity contribution is 14.0. The van der Waals surface area contributed by atoms with Crippen LogP contribution in [0.5, 0.6) is 0 Å². The summed E-state index contributed by atoms with van der Waals surface area (Å²) in [5.74, 6) is 0.594. The molecule has 1 aliphatic carbocycles. The molecule has 0 spiro atoms. The van der Waals surface area contributed by atoms with Crippen LogP contribution in [-0.2, 0) is 5.41 Å². The number of rotatable bonds is 5. The smallest absolute Gasteiger partial charge is 0.314 e.